The molecule has 0 aliphatic rings. The maximum Gasteiger partial charge on any atom is 0.328 e. The highest BCUT2D eigenvalue weighted by Gasteiger charge is 2.27. The molecule has 1 rings (SSSR count). The smallest absolute Gasteiger partial charge is 0.328 e. The van der Waals surface area contributed by atoms with Crippen LogP contribution >= 0.6 is 15.9 Å². The third-order valence-corrected chi connectivity index (χ3v) is 4.06. The van der Waals surface area contributed by atoms with Crippen molar-refractivity contribution < 1.29 is 19.1 Å². The Labute approximate surface area is 133 Å². The number of benzene rings is 1. The largest absolute Gasteiger partial charge is 0.497 e. The number of ether oxygens (including phenoxy) is 2. The number of carbonyl (C=O) groups is 2. The number of rotatable bonds is 6. The van der Waals surface area contributed by atoms with Crippen molar-refractivity contribution in [1.82, 2.24) is 5.32 Å². The monoisotopic (exact) mass is 357 g/mol. The average molecular weight is 358 g/mol. The van der Waals surface area contributed by atoms with Crippen LogP contribution in [-0.2, 0) is 9.53 Å². The highest BCUT2D eigenvalue weighted by Crippen LogP contribution is 2.23. The van der Waals surface area contributed by atoms with E-state index in [1.54, 1.807) is 18.2 Å². The first kappa shape index (κ1) is 17.5. The third kappa shape index (κ3) is 4.46. The van der Waals surface area contributed by atoms with Gasteiger partial charge in [-0.3, -0.25) is 4.79 Å². The number of halogens is 1. The second kappa shape index (κ2) is 8.02. The van der Waals surface area contributed by atoms with Gasteiger partial charge in [-0.2, -0.15) is 0 Å². The summed E-state index contributed by atoms with van der Waals surface area (Å²) in [5, 5.41) is 2.73. The van der Waals surface area contributed by atoms with Gasteiger partial charge in [0.05, 0.1) is 19.8 Å². The van der Waals surface area contributed by atoms with E-state index in [0.29, 0.717) is 15.8 Å². The Morgan fingerprint density at radius 2 is 2.00 bits per heavy atom. The minimum atomic E-state index is -0.675. The topological polar surface area (TPSA) is 64.6 Å². The average Bonchev–Trinajstić information content (AvgIpc) is 2.51. The summed E-state index contributed by atoms with van der Waals surface area (Å²) in [6.07, 6.45) is 0.749. The minimum absolute atomic E-state index is 0.0224. The number of nitrogens with one attached hydrogen (secondary N) is 1. The van der Waals surface area contributed by atoms with Crippen molar-refractivity contribution >= 4 is 27.8 Å². The minimum Gasteiger partial charge on any atom is -0.497 e. The molecule has 5 nitrogen and oxygen atoms in total. The third-order valence-electron chi connectivity index (χ3n) is 3.37. The quantitative estimate of drug-likeness (QED) is 0.795. The second-order valence-electron chi connectivity index (χ2n) is 4.71. The lowest BCUT2D eigenvalue weighted by molar-refractivity contribution is -0.144. The van der Waals surface area contributed by atoms with Gasteiger partial charge in [0.25, 0.3) is 5.91 Å². The predicted molar refractivity (Wildman–Crippen MR) is 83.4 cm³/mol. The van der Waals surface area contributed by atoms with Gasteiger partial charge in [0.2, 0.25) is 0 Å². The van der Waals surface area contributed by atoms with Crippen molar-refractivity contribution in [3.63, 3.8) is 0 Å². The maximum absolute atomic E-state index is 12.4. The van der Waals surface area contributed by atoms with Crippen LogP contribution in [0, 0.1) is 5.92 Å². The van der Waals surface area contributed by atoms with E-state index in [2.05, 4.69) is 21.2 Å². The predicted octanol–water partition coefficient (Wildman–Crippen LogP) is 2.78. The number of methoxy groups -OCH3 is 2. The molecule has 6 heteroatoms. The molecule has 0 bridgehead atoms. The molecule has 0 heterocycles. The normalized spacial score (nSPS) is 13.2. The van der Waals surface area contributed by atoms with Gasteiger partial charge in [0.1, 0.15) is 11.8 Å². The lowest BCUT2D eigenvalue weighted by Crippen LogP contribution is -2.45. The van der Waals surface area contributed by atoms with Gasteiger partial charge in [0, 0.05) is 4.47 Å². The van der Waals surface area contributed by atoms with E-state index < -0.39 is 12.0 Å². The van der Waals surface area contributed by atoms with Gasteiger partial charge >= 0.3 is 5.97 Å². The van der Waals surface area contributed by atoms with Gasteiger partial charge in [-0.1, -0.05) is 20.3 Å². The molecule has 0 radical (unpaired) electrons. The molecule has 21 heavy (non-hydrogen) atoms. The van der Waals surface area contributed by atoms with Crippen LogP contribution < -0.4 is 10.1 Å². The fourth-order valence-electron chi connectivity index (χ4n) is 1.82. The Morgan fingerprint density at radius 3 is 2.52 bits per heavy atom. The molecule has 0 saturated heterocycles. The molecular formula is C15H20BrNO4. The molecule has 0 fully saturated rings. The number of hydrogen-bond donors (Lipinski definition) is 1. The molecule has 1 N–H and O–H groups in total. The fourth-order valence-corrected chi connectivity index (χ4v) is 2.25. The first-order valence-electron chi connectivity index (χ1n) is 6.66. The Balaban J connectivity index is 2.99. The summed E-state index contributed by atoms with van der Waals surface area (Å²) in [4.78, 5) is 24.2. The fraction of sp³-hybridized carbons (Fsp3) is 0.467. The first-order valence-corrected chi connectivity index (χ1v) is 7.46. The summed E-state index contributed by atoms with van der Waals surface area (Å²) < 4.78 is 10.5. The van der Waals surface area contributed by atoms with Crippen LogP contribution in [0.3, 0.4) is 0 Å². The van der Waals surface area contributed by atoms with Gasteiger partial charge in [0.15, 0.2) is 0 Å². The van der Waals surface area contributed by atoms with Crippen LogP contribution in [0.1, 0.15) is 30.6 Å². The number of carbonyl (C=O) groups excluding carboxylic acids is 2. The van der Waals surface area contributed by atoms with E-state index in [9.17, 15) is 9.59 Å². The van der Waals surface area contributed by atoms with Crippen molar-refractivity contribution in [2.75, 3.05) is 14.2 Å². The summed E-state index contributed by atoms with van der Waals surface area (Å²) in [7, 11) is 2.84. The first-order chi connectivity index (χ1) is 9.94. The lowest BCUT2D eigenvalue weighted by Gasteiger charge is -2.22. The maximum atomic E-state index is 12.4. The Kier molecular flexibility index (Phi) is 6.68. The van der Waals surface area contributed by atoms with Crippen molar-refractivity contribution in [2.45, 2.75) is 26.3 Å². The van der Waals surface area contributed by atoms with Gasteiger partial charge in [-0.25, -0.2) is 4.79 Å². The molecule has 2 unspecified atom stereocenters. The standard InChI is InChI=1S/C15H20BrNO4/c1-5-9(2)13(15(19)21-4)17-14(18)11-8-10(20-3)6-7-12(11)16/h6-9,13H,5H2,1-4H3,(H,17,18). The molecule has 0 aliphatic carbocycles. The van der Waals surface area contributed by atoms with Gasteiger partial charge in [-0.15, -0.1) is 0 Å². The summed E-state index contributed by atoms with van der Waals surface area (Å²) >= 11 is 3.33. The highest BCUT2D eigenvalue weighted by atomic mass is 79.9. The molecule has 0 saturated carbocycles. The van der Waals surface area contributed by atoms with Crippen LogP contribution in [0.5, 0.6) is 5.75 Å². The van der Waals surface area contributed by atoms with Crippen molar-refractivity contribution in [3.8, 4) is 5.75 Å². The number of esters is 1. The SMILES string of the molecule is CCC(C)C(NC(=O)c1cc(OC)ccc1Br)C(=O)OC. The molecule has 116 valence electrons. The van der Waals surface area contributed by atoms with Crippen molar-refractivity contribution in [1.29, 1.82) is 0 Å². The summed E-state index contributed by atoms with van der Waals surface area (Å²) in [6, 6.07) is 4.41. The zero-order valence-electron chi connectivity index (χ0n) is 12.6. The van der Waals surface area contributed by atoms with Crippen LogP contribution in [0.15, 0.2) is 22.7 Å². The molecule has 1 aromatic rings. The zero-order chi connectivity index (χ0) is 16.0. The van der Waals surface area contributed by atoms with E-state index >= 15 is 0 Å². The van der Waals surface area contributed by atoms with E-state index in [0.717, 1.165) is 6.42 Å². The van der Waals surface area contributed by atoms with Gasteiger partial charge in [-0.05, 0) is 40.0 Å². The Hall–Kier alpha value is -1.56. The number of hydrogen-bond acceptors (Lipinski definition) is 4. The van der Waals surface area contributed by atoms with Crippen molar-refractivity contribution in [2.24, 2.45) is 5.92 Å². The van der Waals surface area contributed by atoms with E-state index in [-0.39, 0.29) is 11.8 Å². The van der Waals surface area contributed by atoms with E-state index in [1.807, 2.05) is 13.8 Å². The van der Waals surface area contributed by atoms with Crippen molar-refractivity contribution in [3.05, 3.63) is 28.2 Å². The highest BCUT2D eigenvalue weighted by molar-refractivity contribution is 9.10. The van der Waals surface area contributed by atoms with E-state index in [1.165, 1.54) is 14.2 Å². The van der Waals surface area contributed by atoms with Crippen LogP contribution in [0.2, 0.25) is 0 Å². The molecular weight excluding hydrogens is 338 g/mol. The second-order valence-corrected chi connectivity index (χ2v) is 5.56. The molecule has 0 aromatic heterocycles. The Morgan fingerprint density at radius 1 is 1.33 bits per heavy atom. The zero-order valence-corrected chi connectivity index (χ0v) is 14.2. The molecule has 1 aromatic carbocycles. The summed E-state index contributed by atoms with van der Waals surface area (Å²) in [5.74, 6) is -0.250. The van der Waals surface area contributed by atoms with E-state index in [4.69, 9.17) is 9.47 Å². The molecule has 0 spiro atoms. The Bertz CT molecular complexity index is 518. The van der Waals surface area contributed by atoms with Gasteiger partial charge < -0.3 is 14.8 Å². The van der Waals surface area contributed by atoms with Crippen LogP contribution in [0.4, 0.5) is 0 Å². The molecule has 2 atom stereocenters. The lowest BCUT2D eigenvalue weighted by atomic mass is 9.99. The number of amides is 1. The molecule has 1 amide bonds. The summed E-state index contributed by atoms with van der Waals surface area (Å²) in [5.41, 5.74) is 0.409. The van der Waals surface area contributed by atoms with Crippen LogP contribution in [0.25, 0.3) is 0 Å². The van der Waals surface area contributed by atoms with Crippen LogP contribution in [-0.4, -0.2) is 32.1 Å². The molecule has 0 aliphatic heterocycles. The summed E-state index contributed by atoms with van der Waals surface area (Å²) in [6.45, 7) is 3.84.